The maximum atomic E-state index is 9.38. The van der Waals surface area contributed by atoms with Crippen molar-refractivity contribution in [2.75, 3.05) is 0 Å². The first-order chi connectivity index (χ1) is 8.73. The largest absolute Gasteiger partial charge is 0.392 e. The van der Waals surface area contributed by atoms with Gasteiger partial charge in [-0.2, -0.15) is 0 Å². The van der Waals surface area contributed by atoms with E-state index in [1.807, 2.05) is 0 Å². The van der Waals surface area contributed by atoms with E-state index in [1.165, 1.54) is 0 Å². The molecular weight excluding hydrogens is 232 g/mol. The van der Waals surface area contributed by atoms with Crippen LogP contribution in [-0.2, 0) is 26.4 Å². The summed E-state index contributed by atoms with van der Waals surface area (Å²) in [5.41, 5.74) is 2.75. The van der Waals surface area contributed by atoms with Crippen LogP contribution in [0.1, 0.15) is 22.3 Å². The van der Waals surface area contributed by atoms with Crippen molar-refractivity contribution in [1.29, 1.82) is 0 Å². The van der Waals surface area contributed by atoms with Crippen molar-refractivity contribution in [1.82, 2.24) is 0 Å². The first-order valence-electron chi connectivity index (χ1n) is 5.74. The molecule has 0 heterocycles. The van der Waals surface area contributed by atoms with Gasteiger partial charge in [0.05, 0.1) is 26.4 Å². The molecular formula is C14H16O4. The van der Waals surface area contributed by atoms with Crippen LogP contribution >= 0.6 is 0 Å². The minimum absolute atomic E-state index is 0.116. The van der Waals surface area contributed by atoms with Gasteiger partial charge in [0, 0.05) is 0 Å². The molecule has 96 valence electrons. The van der Waals surface area contributed by atoms with Crippen LogP contribution in [0.5, 0.6) is 0 Å². The lowest BCUT2D eigenvalue weighted by molar-refractivity contribution is 0.274. The lowest BCUT2D eigenvalue weighted by Gasteiger charge is -2.12. The number of aliphatic hydroxyl groups excluding tert-OH is 4. The monoisotopic (exact) mass is 248 g/mol. The second-order valence-corrected chi connectivity index (χ2v) is 4.24. The van der Waals surface area contributed by atoms with Crippen LogP contribution in [0.3, 0.4) is 0 Å². The zero-order valence-corrected chi connectivity index (χ0v) is 9.93. The van der Waals surface area contributed by atoms with E-state index in [0.29, 0.717) is 22.3 Å². The molecule has 2 aromatic carbocycles. The van der Waals surface area contributed by atoms with Gasteiger partial charge in [0.2, 0.25) is 0 Å². The van der Waals surface area contributed by atoms with Crippen LogP contribution in [-0.4, -0.2) is 20.4 Å². The van der Waals surface area contributed by atoms with Crippen LogP contribution in [0.25, 0.3) is 10.8 Å². The van der Waals surface area contributed by atoms with Crippen LogP contribution in [0.4, 0.5) is 0 Å². The zero-order chi connectivity index (χ0) is 13.1. The van der Waals surface area contributed by atoms with E-state index in [1.54, 1.807) is 24.3 Å². The molecule has 0 atom stereocenters. The third-order valence-electron chi connectivity index (χ3n) is 3.07. The van der Waals surface area contributed by atoms with Gasteiger partial charge in [-0.15, -0.1) is 0 Å². The molecule has 0 amide bonds. The molecule has 0 radical (unpaired) electrons. The molecule has 0 fully saturated rings. The topological polar surface area (TPSA) is 80.9 Å². The fourth-order valence-electron chi connectivity index (χ4n) is 2.19. The first-order valence-corrected chi connectivity index (χ1v) is 5.74. The number of hydrogen-bond donors (Lipinski definition) is 4. The van der Waals surface area contributed by atoms with Crippen LogP contribution in [0, 0.1) is 0 Å². The highest BCUT2D eigenvalue weighted by atomic mass is 16.3. The fraction of sp³-hybridized carbons (Fsp3) is 0.286. The maximum absolute atomic E-state index is 9.38. The second-order valence-electron chi connectivity index (χ2n) is 4.24. The normalized spacial score (nSPS) is 11.1. The average molecular weight is 248 g/mol. The van der Waals surface area contributed by atoms with Crippen molar-refractivity contribution in [2.24, 2.45) is 0 Å². The molecule has 0 aliphatic rings. The van der Waals surface area contributed by atoms with E-state index in [9.17, 15) is 20.4 Å². The number of benzene rings is 2. The molecule has 2 aromatic rings. The minimum Gasteiger partial charge on any atom is -0.392 e. The smallest absolute Gasteiger partial charge is 0.0687 e. The summed E-state index contributed by atoms with van der Waals surface area (Å²) in [6.45, 7) is -0.528. The van der Waals surface area contributed by atoms with Gasteiger partial charge in [0.25, 0.3) is 0 Å². The van der Waals surface area contributed by atoms with Crippen LogP contribution in [0.15, 0.2) is 24.3 Å². The quantitative estimate of drug-likeness (QED) is 0.645. The second kappa shape index (κ2) is 5.46. The van der Waals surface area contributed by atoms with Crippen molar-refractivity contribution < 1.29 is 20.4 Å². The molecule has 18 heavy (non-hydrogen) atoms. The third kappa shape index (κ3) is 2.23. The number of hydrogen-bond acceptors (Lipinski definition) is 4. The highest BCUT2D eigenvalue weighted by Crippen LogP contribution is 2.27. The fourth-order valence-corrected chi connectivity index (χ4v) is 2.19. The summed E-state index contributed by atoms with van der Waals surface area (Å²) in [7, 11) is 0. The van der Waals surface area contributed by atoms with Gasteiger partial charge in [-0.25, -0.2) is 0 Å². The van der Waals surface area contributed by atoms with E-state index in [-0.39, 0.29) is 26.4 Å². The molecule has 0 aliphatic carbocycles. The molecule has 4 nitrogen and oxygen atoms in total. The summed E-state index contributed by atoms with van der Waals surface area (Å²) in [5.74, 6) is 0. The van der Waals surface area contributed by atoms with Gasteiger partial charge < -0.3 is 20.4 Å². The maximum Gasteiger partial charge on any atom is 0.0687 e. The van der Waals surface area contributed by atoms with Crippen LogP contribution < -0.4 is 0 Å². The predicted molar refractivity (Wildman–Crippen MR) is 67.6 cm³/mol. The Morgan fingerprint density at radius 1 is 0.556 bits per heavy atom. The Hall–Kier alpha value is -1.46. The molecule has 0 spiro atoms. The SMILES string of the molecule is OCc1cc(CO)c2cc(CO)cc(CO)c2c1. The van der Waals surface area contributed by atoms with Gasteiger partial charge in [-0.3, -0.25) is 0 Å². The molecule has 0 saturated heterocycles. The van der Waals surface area contributed by atoms with Crippen molar-refractivity contribution in [2.45, 2.75) is 26.4 Å². The van der Waals surface area contributed by atoms with Gasteiger partial charge >= 0.3 is 0 Å². The summed E-state index contributed by atoms with van der Waals surface area (Å²) in [6.07, 6.45) is 0. The van der Waals surface area contributed by atoms with E-state index in [0.717, 1.165) is 10.8 Å². The molecule has 0 aromatic heterocycles. The van der Waals surface area contributed by atoms with Crippen molar-refractivity contribution in [3.8, 4) is 0 Å². The highest BCUT2D eigenvalue weighted by Gasteiger charge is 2.09. The summed E-state index contributed by atoms with van der Waals surface area (Å²) in [4.78, 5) is 0. The van der Waals surface area contributed by atoms with Crippen molar-refractivity contribution in [3.05, 3.63) is 46.5 Å². The highest BCUT2D eigenvalue weighted by molar-refractivity contribution is 5.90. The molecule has 4 N–H and O–H groups in total. The Bertz CT molecular complexity index is 512. The summed E-state index contributed by atoms with van der Waals surface area (Å²) in [6, 6.07) is 7.04. The van der Waals surface area contributed by atoms with E-state index in [2.05, 4.69) is 0 Å². The van der Waals surface area contributed by atoms with E-state index < -0.39 is 0 Å². The molecule has 4 heteroatoms. The van der Waals surface area contributed by atoms with Gasteiger partial charge in [0.15, 0.2) is 0 Å². The van der Waals surface area contributed by atoms with Crippen molar-refractivity contribution in [3.63, 3.8) is 0 Å². The van der Waals surface area contributed by atoms with Gasteiger partial charge in [0.1, 0.15) is 0 Å². The first kappa shape index (κ1) is 13.0. The number of fused-ring (bicyclic) bond motifs is 1. The number of rotatable bonds is 4. The molecule has 0 unspecified atom stereocenters. The van der Waals surface area contributed by atoms with Crippen LogP contribution in [0.2, 0.25) is 0 Å². The van der Waals surface area contributed by atoms with Gasteiger partial charge in [-0.05, 0) is 45.2 Å². The Morgan fingerprint density at radius 3 is 1.22 bits per heavy atom. The Balaban J connectivity index is 2.80. The summed E-state index contributed by atoms with van der Waals surface area (Å²) in [5, 5.41) is 38.7. The van der Waals surface area contributed by atoms with Gasteiger partial charge in [-0.1, -0.05) is 12.1 Å². The summed E-state index contributed by atoms with van der Waals surface area (Å²) >= 11 is 0. The van der Waals surface area contributed by atoms with E-state index >= 15 is 0 Å². The molecule has 0 saturated carbocycles. The lowest BCUT2D eigenvalue weighted by Crippen LogP contribution is -1.97. The standard InChI is InChI=1S/C14H16O4/c15-5-9-1-11(7-17)13-4-10(6-16)2-12(8-18)14(13)3-9/h1-4,15-18H,5-8H2. The molecule has 0 aliphatic heterocycles. The Kier molecular flexibility index (Phi) is 3.93. The molecule has 2 rings (SSSR count). The Labute approximate surface area is 105 Å². The van der Waals surface area contributed by atoms with Crippen molar-refractivity contribution >= 4 is 10.8 Å². The average Bonchev–Trinajstić information content (AvgIpc) is 2.44. The zero-order valence-electron chi connectivity index (χ0n) is 9.93. The Morgan fingerprint density at radius 2 is 0.944 bits per heavy atom. The third-order valence-corrected chi connectivity index (χ3v) is 3.07. The van der Waals surface area contributed by atoms with E-state index in [4.69, 9.17) is 0 Å². The molecule has 0 bridgehead atoms. The summed E-state index contributed by atoms with van der Waals surface area (Å²) < 4.78 is 0. The lowest BCUT2D eigenvalue weighted by atomic mass is 9.95. The minimum atomic E-state index is -0.149. The predicted octanol–water partition coefficient (Wildman–Crippen LogP) is 0.809. The number of aliphatic hydroxyl groups is 4.